The molecule has 0 heterocycles. The summed E-state index contributed by atoms with van der Waals surface area (Å²) >= 11 is 5.76. The fraction of sp³-hybridized carbons (Fsp3) is 0.533. The van der Waals surface area contributed by atoms with Crippen LogP contribution in [-0.4, -0.2) is 30.3 Å². The molecule has 2 N–H and O–H groups in total. The number of carbonyl (C=O) groups is 1. The first-order valence-corrected chi connectivity index (χ1v) is 6.99. The van der Waals surface area contributed by atoms with E-state index in [4.69, 9.17) is 16.3 Å². The molecule has 1 unspecified atom stereocenters. The molecule has 1 rings (SSSR count). The van der Waals surface area contributed by atoms with E-state index in [-0.39, 0.29) is 24.0 Å². The normalized spacial score (nSPS) is 12.8. The minimum Gasteiger partial charge on any atom is -0.484 e. The Morgan fingerprint density at radius 2 is 2.00 bits per heavy atom. The molecular weight excluding hydrogens is 278 g/mol. The van der Waals surface area contributed by atoms with Crippen LogP contribution in [0.15, 0.2) is 24.3 Å². The van der Waals surface area contributed by atoms with Gasteiger partial charge in [0.2, 0.25) is 0 Å². The third-order valence-corrected chi connectivity index (χ3v) is 3.05. The number of aliphatic hydroxyl groups is 1. The number of aliphatic hydroxyl groups excluding tert-OH is 1. The number of halogens is 1. The van der Waals surface area contributed by atoms with Gasteiger partial charge in [0, 0.05) is 11.6 Å². The van der Waals surface area contributed by atoms with Crippen LogP contribution in [0.5, 0.6) is 5.75 Å². The molecule has 1 aromatic rings. The second-order valence-electron chi connectivity index (χ2n) is 5.74. The van der Waals surface area contributed by atoms with Crippen LogP contribution in [0.1, 0.15) is 27.2 Å². The first-order chi connectivity index (χ1) is 9.28. The van der Waals surface area contributed by atoms with Crippen molar-refractivity contribution < 1.29 is 14.6 Å². The molecule has 1 aromatic carbocycles. The van der Waals surface area contributed by atoms with E-state index in [9.17, 15) is 9.90 Å². The van der Waals surface area contributed by atoms with Crippen LogP contribution >= 0.6 is 11.6 Å². The second-order valence-corrected chi connectivity index (χ2v) is 6.17. The number of ether oxygens (including phenoxy) is 1. The number of amides is 1. The highest BCUT2D eigenvalue weighted by Gasteiger charge is 2.21. The lowest BCUT2D eigenvalue weighted by Gasteiger charge is -2.26. The maximum atomic E-state index is 11.7. The molecule has 0 bridgehead atoms. The zero-order valence-electron chi connectivity index (χ0n) is 12.1. The summed E-state index contributed by atoms with van der Waals surface area (Å²) in [5.41, 5.74) is -0.149. The Hall–Kier alpha value is -1.26. The van der Waals surface area contributed by atoms with E-state index in [1.54, 1.807) is 31.2 Å². The molecule has 112 valence electrons. The number of rotatable bonds is 7. The maximum absolute atomic E-state index is 11.7. The molecule has 1 amide bonds. The summed E-state index contributed by atoms with van der Waals surface area (Å²) in [6.45, 7) is 6.21. The fourth-order valence-corrected chi connectivity index (χ4v) is 2.07. The molecule has 0 aliphatic carbocycles. The molecule has 1 atom stereocenters. The van der Waals surface area contributed by atoms with Crippen molar-refractivity contribution in [1.82, 2.24) is 5.32 Å². The van der Waals surface area contributed by atoms with Crippen molar-refractivity contribution >= 4 is 17.5 Å². The molecule has 0 saturated carbocycles. The van der Waals surface area contributed by atoms with Crippen molar-refractivity contribution in [2.24, 2.45) is 5.41 Å². The van der Waals surface area contributed by atoms with Gasteiger partial charge >= 0.3 is 0 Å². The zero-order chi connectivity index (χ0) is 15.2. The van der Waals surface area contributed by atoms with Crippen molar-refractivity contribution in [1.29, 1.82) is 0 Å². The quantitative estimate of drug-likeness (QED) is 0.814. The van der Waals surface area contributed by atoms with E-state index >= 15 is 0 Å². The number of hydrogen-bond donors (Lipinski definition) is 2. The van der Waals surface area contributed by atoms with Crippen LogP contribution in [0, 0.1) is 5.41 Å². The smallest absolute Gasteiger partial charge is 0.257 e. The van der Waals surface area contributed by atoms with E-state index in [1.165, 1.54) is 0 Å². The van der Waals surface area contributed by atoms with Crippen LogP contribution in [0.2, 0.25) is 5.02 Å². The molecule has 0 aliphatic rings. The molecule has 4 nitrogen and oxygen atoms in total. The summed E-state index contributed by atoms with van der Waals surface area (Å²) in [7, 11) is 0. The topological polar surface area (TPSA) is 58.6 Å². The summed E-state index contributed by atoms with van der Waals surface area (Å²) in [6.07, 6.45) is 0.248. The molecule has 5 heteroatoms. The molecule has 0 saturated heterocycles. The van der Waals surface area contributed by atoms with E-state index in [2.05, 4.69) is 5.32 Å². The highest BCUT2D eigenvalue weighted by atomic mass is 35.5. The van der Waals surface area contributed by atoms with E-state index < -0.39 is 0 Å². The molecule has 20 heavy (non-hydrogen) atoms. The van der Waals surface area contributed by atoms with Crippen molar-refractivity contribution in [3.05, 3.63) is 29.3 Å². The van der Waals surface area contributed by atoms with Crippen LogP contribution < -0.4 is 10.1 Å². The van der Waals surface area contributed by atoms with Gasteiger partial charge in [0.15, 0.2) is 6.61 Å². The molecule has 0 radical (unpaired) electrons. The summed E-state index contributed by atoms with van der Waals surface area (Å²) in [4.78, 5) is 11.7. The minimum atomic E-state index is -0.382. The Morgan fingerprint density at radius 1 is 1.40 bits per heavy atom. The van der Waals surface area contributed by atoms with Gasteiger partial charge in [0.1, 0.15) is 5.75 Å². The first kappa shape index (κ1) is 16.8. The summed E-state index contributed by atoms with van der Waals surface area (Å²) < 4.78 is 5.35. The van der Waals surface area contributed by atoms with Gasteiger partial charge in [-0.05, 0) is 43.0 Å². The van der Waals surface area contributed by atoms with Gasteiger partial charge in [-0.3, -0.25) is 4.79 Å². The van der Waals surface area contributed by atoms with Gasteiger partial charge in [-0.15, -0.1) is 0 Å². The SMILES string of the molecule is CC(O)CC(C)(C)CNC(=O)COc1ccc(Cl)cc1. The third-order valence-electron chi connectivity index (χ3n) is 2.80. The van der Waals surface area contributed by atoms with Crippen molar-refractivity contribution in [2.45, 2.75) is 33.3 Å². The van der Waals surface area contributed by atoms with Gasteiger partial charge < -0.3 is 15.2 Å². The average Bonchev–Trinajstić information content (AvgIpc) is 2.34. The van der Waals surface area contributed by atoms with Gasteiger partial charge in [0.25, 0.3) is 5.91 Å². The number of nitrogens with one attached hydrogen (secondary N) is 1. The number of carbonyl (C=O) groups excluding carboxylic acids is 1. The van der Waals surface area contributed by atoms with E-state index in [0.29, 0.717) is 23.7 Å². The largest absolute Gasteiger partial charge is 0.484 e. The van der Waals surface area contributed by atoms with Crippen LogP contribution in [-0.2, 0) is 4.79 Å². The highest BCUT2D eigenvalue weighted by molar-refractivity contribution is 6.30. The molecule has 0 aromatic heterocycles. The Morgan fingerprint density at radius 3 is 2.55 bits per heavy atom. The zero-order valence-corrected chi connectivity index (χ0v) is 12.9. The van der Waals surface area contributed by atoms with Crippen molar-refractivity contribution in [3.8, 4) is 5.75 Å². The third kappa shape index (κ3) is 6.78. The van der Waals surface area contributed by atoms with Crippen molar-refractivity contribution in [2.75, 3.05) is 13.2 Å². The number of hydrogen-bond acceptors (Lipinski definition) is 3. The second kappa shape index (κ2) is 7.50. The van der Waals surface area contributed by atoms with E-state index in [0.717, 1.165) is 0 Å². The predicted octanol–water partition coefficient (Wildman–Crippen LogP) is 2.63. The Labute approximate surface area is 125 Å². The van der Waals surface area contributed by atoms with Gasteiger partial charge in [-0.1, -0.05) is 25.4 Å². The Bertz CT molecular complexity index is 429. The monoisotopic (exact) mass is 299 g/mol. The lowest BCUT2D eigenvalue weighted by atomic mass is 9.87. The number of benzene rings is 1. The van der Waals surface area contributed by atoms with Gasteiger partial charge in [-0.25, -0.2) is 0 Å². The van der Waals surface area contributed by atoms with Gasteiger partial charge in [0.05, 0.1) is 6.10 Å². The molecular formula is C15H22ClNO3. The summed E-state index contributed by atoms with van der Waals surface area (Å²) in [5.74, 6) is 0.423. The fourth-order valence-electron chi connectivity index (χ4n) is 1.94. The van der Waals surface area contributed by atoms with Crippen molar-refractivity contribution in [3.63, 3.8) is 0 Å². The standard InChI is InChI=1S/C15H22ClNO3/c1-11(18)8-15(2,3)10-17-14(19)9-20-13-6-4-12(16)5-7-13/h4-7,11,18H,8-10H2,1-3H3,(H,17,19). The predicted molar refractivity (Wildman–Crippen MR) is 80.0 cm³/mol. The van der Waals surface area contributed by atoms with Crippen LogP contribution in [0.4, 0.5) is 0 Å². The van der Waals surface area contributed by atoms with Gasteiger partial charge in [-0.2, -0.15) is 0 Å². The molecule has 0 fully saturated rings. The lowest BCUT2D eigenvalue weighted by molar-refractivity contribution is -0.123. The molecule has 0 spiro atoms. The van der Waals surface area contributed by atoms with Crippen LogP contribution in [0.25, 0.3) is 0 Å². The summed E-state index contributed by atoms with van der Waals surface area (Å²) in [5, 5.41) is 12.8. The van der Waals surface area contributed by atoms with Crippen LogP contribution in [0.3, 0.4) is 0 Å². The molecule has 0 aliphatic heterocycles. The Balaban J connectivity index is 2.32. The average molecular weight is 300 g/mol. The first-order valence-electron chi connectivity index (χ1n) is 6.62. The highest BCUT2D eigenvalue weighted by Crippen LogP contribution is 2.21. The van der Waals surface area contributed by atoms with E-state index in [1.807, 2.05) is 13.8 Å². The lowest BCUT2D eigenvalue weighted by Crippen LogP contribution is -2.38. The maximum Gasteiger partial charge on any atom is 0.257 e. The summed E-state index contributed by atoms with van der Waals surface area (Å²) in [6, 6.07) is 6.85. The minimum absolute atomic E-state index is 0.0353. The Kier molecular flexibility index (Phi) is 6.30.